The van der Waals surface area contributed by atoms with Gasteiger partial charge in [-0.3, -0.25) is 38.4 Å². The fraction of sp³-hybridized carbons (Fsp3) is 0.580. The first kappa shape index (κ1) is 57.8. The van der Waals surface area contributed by atoms with Gasteiger partial charge in [-0.2, -0.15) is 0 Å². The lowest BCUT2D eigenvalue weighted by atomic mass is 9.97. The van der Waals surface area contributed by atoms with Crippen LogP contribution in [0.25, 0.3) is 0 Å². The molecular weight excluding hydrogens is 873 g/mol. The number of hydrogen-bond acceptors (Lipinski definition) is 10. The summed E-state index contributed by atoms with van der Waals surface area (Å²) >= 11 is 0. The first-order valence-corrected chi connectivity index (χ1v) is 23.3. The van der Waals surface area contributed by atoms with Crippen LogP contribution >= 0.6 is 0 Å². The van der Waals surface area contributed by atoms with Crippen molar-refractivity contribution in [3.05, 3.63) is 71.8 Å². The monoisotopic (exact) mass is 949 g/mol. The lowest BCUT2D eigenvalue weighted by Gasteiger charge is -2.31. The summed E-state index contributed by atoms with van der Waals surface area (Å²) in [6.45, 7) is 20.0. The maximum atomic E-state index is 14.0. The minimum atomic E-state index is -1.63. The number of carbonyl (C=O) groups excluding carboxylic acids is 9. The van der Waals surface area contributed by atoms with Gasteiger partial charge in [0, 0.05) is 19.8 Å². The lowest BCUT2D eigenvalue weighted by Crippen LogP contribution is -2.63. The van der Waals surface area contributed by atoms with Crippen LogP contribution in [0.2, 0.25) is 0 Å². The Morgan fingerprint density at radius 2 is 0.868 bits per heavy atom. The Labute approximate surface area is 401 Å². The average molecular weight is 949 g/mol. The van der Waals surface area contributed by atoms with Gasteiger partial charge >= 0.3 is 5.97 Å². The predicted octanol–water partition coefficient (Wildman–Crippen LogP) is 2.38. The van der Waals surface area contributed by atoms with Gasteiger partial charge in [-0.05, 0) is 68.4 Å². The average Bonchev–Trinajstić information content (AvgIpc) is 3.25. The van der Waals surface area contributed by atoms with Crippen molar-refractivity contribution in [1.29, 1.82) is 0 Å². The number of carbonyl (C=O) groups is 9. The summed E-state index contributed by atoms with van der Waals surface area (Å²) in [7, 11) is 1.22. The molecule has 2 aromatic rings. The van der Waals surface area contributed by atoms with Gasteiger partial charge < -0.3 is 47.3 Å². The van der Waals surface area contributed by atoms with Crippen LogP contribution in [-0.2, 0) is 60.7 Å². The molecule has 0 aliphatic heterocycles. The quantitative estimate of drug-likeness (QED) is 0.0639. The molecule has 0 saturated carbocycles. The number of esters is 1. The van der Waals surface area contributed by atoms with Crippen molar-refractivity contribution >= 4 is 53.2 Å². The fourth-order valence-corrected chi connectivity index (χ4v) is 7.16. The number of amides is 8. The third-order valence-electron chi connectivity index (χ3n) is 11.0. The fourth-order valence-electron chi connectivity index (χ4n) is 7.16. The van der Waals surface area contributed by atoms with Crippen LogP contribution in [-0.4, -0.2) is 108 Å². The molecule has 0 aliphatic carbocycles. The van der Waals surface area contributed by atoms with E-state index in [1.54, 1.807) is 76.2 Å². The van der Waals surface area contributed by atoms with E-state index in [0.717, 1.165) is 11.1 Å². The summed E-state index contributed by atoms with van der Waals surface area (Å²) in [5.74, 6) is -6.61. The van der Waals surface area contributed by atoms with Crippen molar-refractivity contribution in [3.8, 4) is 0 Å². The van der Waals surface area contributed by atoms with Crippen molar-refractivity contribution < 1.29 is 47.9 Å². The summed E-state index contributed by atoms with van der Waals surface area (Å²) in [5.41, 5.74) is -0.165. The first-order valence-electron chi connectivity index (χ1n) is 23.3. The number of ether oxygens (including phenoxy) is 1. The second kappa shape index (κ2) is 27.5. The Bertz CT molecular complexity index is 2030. The van der Waals surface area contributed by atoms with Gasteiger partial charge in [0.05, 0.1) is 7.11 Å². The van der Waals surface area contributed by atoms with Crippen LogP contribution in [0.1, 0.15) is 107 Å². The minimum absolute atomic E-state index is 0.0455. The normalized spacial score (nSPS) is 14.5. The highest BCUT2D eigenvalue weighted by Crippen LogP contribution is 2.14. The Morgan fingerprint density at radius 1 is 0.485 bits per heavy atom. The zero-order valence-electron chi connectivity index (χ0n) is 42.0. The van der Waals surface area contributed by atoms with Crippen LogP contribution in [0.3, 0.4) is 0 Å². The lowest BCUT2D eigenvalue weighted by molar-refractivity contribution is -0.146. The SMILES string of the molecule is COC(=O)[C@@H](NC(=O)[C@H](Cc1ccccc1)NC(=O)[C@H](CC(C)C)NC(=O)[C@@H](C)NC(=O)C(C)(C)NC(=O)[C@@H](NC(=O)[C@H](Cc1ccccc1)NC(=O)[C@H](CC(C)C)NC(C)=O)C(C)C)C(C)C. The second-order valence-electron chi connectivity index (χ2n) is 19.4. The van der Waals surface area contributed by atoms with E-state index in [4.69, 9.17) is 4.74 Å². The molecule has 0 heterocycles. The molecular formula is C50H76N8O10. The summed E-state index contributed by atoms with van der Waals surface area (Å²) < 4.78 is 4.88. The van der Waals surface area contributed by atoms with Crippen molar-refractivity contribution in [2.75, 3.05) is 7.11 Å². The highest BCUT2D eigenvalue weighted by molar-refractivity contribution is 5.99. The predicted molar refractivity (Wildman–Crippen MR) is 258 cm³/mol. The number of methoxy groups -OCH3 is 1. The smallest absolute Gasteiger partial charge is 0.328 e. The molecule has 0 spiro atoms. The molecule has 8 N–H and O–H groups in total. The van der Waals surface area contributed by atoms with Gasteiger partial charge in [0.2, 0.25) is 47.3 Å². The number of hydrogen-bond donors (Lipinski definition) is 8. The standard InChI is InChI=1S/C50H76N8O10/c1-28(2)24-36(52-33(10)59)43(61)54-38(26-34-20-16-14-17-21-34)45(63)56-40(30(5)6)47(65)58-50(11,12)49(67)51-32(9)42(60)53-37(25-29(3)4)44(62)55-39(27-35-22-18-15-19-23-35)46(64)57-41(31(7)8)48(66)68-13/h14-23,28-32,36-41H,24-27H2,1-13H3,(H,51,67)(H,52,59)(H,53,60)(H,54,61)(H,55,62)(H,56,63)(H,57,64)(H,58,65)/t32-,36+,37+,38+,39+,40+,41+/m1/s1. The third kappa shape index (κ3) is 19.5. The first-order chi connectivity index (χ1) is 31.7. The minimum Gasteiger partial charge on any atom is -0.467 e. The molecule has 68 heavy (non-hydrogen) atoms. The maximum Gasteiger partial charge on any atom is 0.328 e. The molecule has 2 rings (SSSR count). The van der Waals surface area contributed by atoms with E-state index in [9.17, 15) is 43.2 Å². The molecule has 0 fully saturated rings. The molecule has 0 bridgehead atoms. The Hall–Kier alpha value is -6.33. The zero-order valence-corrected chi connectivity index (χ0v) is 42.0. The molecule has 376 valence electrons. The molecule has 18 heteroatoms. The molecule has 2 aromatic carbocycles. The number of rotatable bonds is 26. The summed E-state index contributed by atoms with van der Waals surface area (Å²) in [6.07, 6.45) is 0.641. The number of nitrogens with one attached hydrogen (secondary N) is 8. The molecule has 8 amide bonds. The van der Waals surface area contributed by atoms with Crippen LogP contribution < -0.4 is 42.5 Å². The molecule has 0 saturated heterocycles. The van der Waals surface area contributed by atoms with E-state index >= 15 is 0 Å². The van der Waals surface area contributed by atoms with Gasteiger partial charge in [0.15, 0.2) is 0 Å². The van der Waals surface area contributed by atoms with Gasteiger partial charge in [-0.25, -0.2) is 4.79 Å². The highest BCUT2D eigenvalue weighted by Gasteiger charge is 2.38. The summed E-state index contributed by atoms with van der Waals surface area (Å²) in [6, 6.07) is 10.2. The Morgan fingerprint density at radius 3 is 1.25 bits per heavy atom. The Kier molecular flexibility index (Phi) is 23.4. The van der Waals surface area contributed by atoms with E-state index < -0.39 is 107 Å². The maximum absolute atomic E-state index is 14.0. The summed E-state index contributed by atoms with van der Waals surface area (Å²) in [5, 5.41) is 21.6. The van der Waals surface area contributed by atoms with E-state index in [-0.39, 0.29) is 37.0 Å². The third-order valence-corrected chi connectivity index (χ3v) is 11.0. The van der Waals surface area contributed by atoms with Crippen molar-refractivity contribution in [2.24, 2.45) is 23.7 Å². The topological polar surface area (TPSA) is 259 Å². The van der Waals surface area contributed by atoms with Gasteiger partial charge in [-0.15, -0.1) is 0 Å². The van der Waals surface area contributed by atoms with E-state index in [0.29, 0.717) is 6.42 Å². The molecule has 0 unspecified atom stereocenters. The van der Waals surface area contributed by atoms with E-state index in [1.165, 1.54) is 34.8 Å². The summed E-state index contributed by atoms with van der Waals surface area (Å²) in [4.78, 5) is 121. The molecule has 18 nitrogen and oxygen atoms in total. The Balaban J connectivity index is 2.25. The molecule has 0 radical (unpaired) electrons. The van der Waals surface area contributed by atoms with Crippen LogP contribution in [0.15, 0.2) is 60.7 Å². The number of benzene rings is 2. The van der Waals surface area contributed by atoms with Crippen molar-refractivity contribution in [3.63, 3.8) is 0 Å². The second-order valence-corrected chi connectivity index (χ2v) is 19.4. The molecule has 0 aromatic heterocycles. The van der Waals surface area contributed by atoms with Gasteiger partial charge in [0.25, 0.3) is 0 Å². The van der Waals surface area contributed by atoms with Crippen molar-refractivity contribution in [2.45, 2.75) is 157 Å². The van der Waals surface area contributed by atoms with Gasteiger partial charge in [-0.1, -0.05) is 116 Å². The highest BCUT2D eigenvalue weighted by atomic mass is 16.5. The van der Waals surface area contributed by atoms with Crippen LogP contribution in [0, 0.1) is 23.7 Å². The van der Waals surface area contributed by atoms with Crippen molar-refractivity contribution in [1.82, 2.24) is 42.5 Å². The zero-order chi connectivity index (χ0) is 51.5. The van der Waals surface area contributed by atoms with Gasteiger partial charge in [0.1, 0.15) is 47.8 Å². The van der Waals surface area contributed by atoms with E-state index in [1.807, 2.05) is 39.8 Å². The van der Waals surface area contributed by atoms with E-state index in [2.05, 4.69) is 42.5 Å². The molecule has 7 atom stereocenters. The van der Waals surface area contributed by atoms with Crippen LogP contribution in [0.4, 0.5) is 0 Å². The largest absolute Gasteiger partial charge is 0.467 e. The molecule has 0 aliphatic rings. The van der Waals surface area contributed by atoms with Crippen LogP contribution in [0.5, 0.6) is 0 Å².